The lowest BCUT2D eigenvalue weighted by Gasteiger charge is -2.02. The molecule has 4 heteroatoms. The number of nitrogens with zero attached hydrogens (tertiary/aromatic N) is 3. The first-order valence-corrected chi connectivity index (χ1v) is 5.85. The SMILES string of the molecule is COc1ccccc1N=CCc1cnn(C)c1C. The fourth-order valence-electron chi connectivity index (χ4n) is 1.72. The highest BCUT2D eigenvalue weighted by Gasteiger charge is 2.02. The highest BCUT2D eigenvalue weighted by Crippen LogP contribution is 2.25. The summed E-state index contributed by atoms with van der Waals surface area (Å²) in [7, 11) is 3.59. The molecule has 0 saturated heterocycles. The summed E-state index contributed by atoms with van der Waals surface area (Å²) in [4.78, 5) is 4.44. The number of ether oxygens (including phenoxy) is 1. The van der Waals surface area contributed by atoms with E-state index in [0.29, 0.717) is 0 Å². The molecule has 0 atom stereocenters. The van der Waals surface area contributed by atoms with Gasteiger partial charge in [-0.25, -0.2) is 0 Å². The van der Waals surface area contributed by atoms with Crippen LogP contribution in [0.1, 0.15) is 11.3 Å². The normalized spacial score (nSPS) is 11.1. The van der Waals surface area contributed by atoms with E-state index in [1.807, 2.05) is 48.4 Å². The number of para-hydroxylation sites is 2. The number of benzene rings is 1. The summed E-state index contributed by atoms with van der Waals surface area (Å²) in [6.07, 6.45) is 4.54. The predicted molar refractivity (Wildman–Crippen MR) is 72.8 cm³/mol. The van der Waals surface area contributed by atoms with Crippen LogP contribution in [0.2, 0.25) is 0 Å². The first-order valence-electron chi connectivity index (χ1n) is 5.85. The van der Waals surface area contributed by atoms with Crippen molar-refractivity contribution in [3.63, 3.8) is 0 Å². The van der Waals surface area contributed by atoms with Crippen LogP contribution in [0, 0.1) is 6.92 Å². The molecule has 0 bridgehead atoms. The van der Waals surface area contributed by atoms with Crippen LogP contribution in [-0.4, -0.2) is 23.1 Å². The summed E-state index contributed by atoms with van der Waals surface area (Å²) < 4.78 is 7.11. The first kappa shape index (κ1) is 12.4. The van der Waals surface area contributed by atoms with Crippen molar-refractivity contribution in [2.75, 3.05) is 7.11 Å². The van der Waals surface area contributed by atoms with Gasteiger partial charge in [0.15, 0.2) is 0 Å². The minimum atomic E-state index is 0.776. The number of aliphatic imine (C=N–C) groups is 1. The third-order valence-electron chi connectivity index (χ3n) is 2.96. The van der Waals surface area contributed by atoms with Crippen molar-refractivity contribution in [2.45, 2.75) is 13.3 Å². The largest absolute Gasteiger partial charge is 0.494 e. The average Bonchev–Trinajstić information content (AvgIpc) is 2.71. The monoisotopic (exact) mass is 243 g/mol. The van der Waals surface area contributed by atoms with E-state index in [2.05, 4.69) is 17.0 Å². The molecular weight excluding hydrogens is 226 g/mol. The summed E-state index contributed by atoms with van der Waals surface area (Å²) in [6.45, 7) is 2.05. The number of rotatable bonds is 4. The Morgan fingerprint density at radius 1 is 1.39 bits per heavy atom. The number of hydrogen-bond acceptors (Lipinski definition) is 3. The van der Waals surface area contributed by atoms with Crippen molar-refractivity contribution in [3.05, 3.63) is 41.7 Å². The van der Waals surface area contributed by atoms with E-state index >= 15 is 0 Å². The molecule has 2 rings (SSSR count). The Labute approximate surface area is 107 Å². The predicted octanol–water partition coefficient (Wildman–Crippen LogP) is 2.68. The lowest BCUT2D eigenvalue weighted by atomic mass is 10.2. The van der Waals surface area contributed by atoms with Gasteiger partial charge in [-0.1, -0.05) is 12.1 Å². The Kier molecular flexibility index (Phi) is 3.77. The summed E-state index contributed by atoms with van der Waals surface area (Å²) in [6, 6.07) is 7.72. The number of aryl methyl sites for hydroxylation is 1. The summed E-state index contributed by atoms with van der Waals surface area (Å²) in [5, 5.41) is 4.21. The van der Waals surface area contributed by atoms with Crippen molar-refractivity contribution in [1.29, 1.82) is 0 Å². The van der Waals surface area contributed by atoms with Gasteiger partial charge in [0.1, 0.15) is 11.4 Å². The second kappa shape index (κ2) is 5.49. The van der Waals surface area contributed by atoms with Crippen molar-refractivity contribution in [2.24, 2.45) is 12.0 Å². The highest BCUT2D eigenvalue weighted by molar-refractivity contribution is 5.68. The van der Waals surface area contributed by atoms with Gasteiger partial charge in [-0.3, -0.25) is 9.67 Å². The molecule has 4 nitrogen and oxygen atoms in total. The first-order chi connectivity index (χ1) is 8.72. The van der Waals surface area contributed by atoms with Crippen LogP contribution in [0.4, 0.5) is 5.69 Å². The van der Waals surface area contributed by atoms with Gasteiger partial charge in [-0.05, 0) is 24.6 Å². The lowest BCUT2D eigenvalue weighted by molar-refractivity contribution is 0.416. The Hall–Kier alpha value is -2.10. The van der Waals surface area contributed by atoms with E-state index in [4.69, 9.17) is 4.74 Å². The van der Waals surface area contributed by atoms with Gasteiger partial charge in [0.2, 0.25) is 0 Å². The molecule has 0 amide bonds. The topological polar surface area (TPSA) is 39.4 Å². The molecule has 0 aliphatic carbocycles. The number of hydrogen-bond donors (Lipinski definition) is 0. The van der Waals surface area contributed by atoms with E-state index < -0.39 is 0 Å². The zero-order valence-corrected chi connectivity index (χ0v) is 10.9. The van der Waals surface area contributed by atoms with E-state index in [1.165, 1.54) is 11.3 Å². The number of methoxy groups -OCH3 is 1. The lowest BCUT2D eigenvalue weighted by Crippen LogP contribution is -1.94. The third-order valence-corrected chi connectivity index (χ3v) is 2.96. The molecule has 0 aliphatic heterocycles. The maximum Gasteiger partial charge on any atom is 0.144 e. The maximum absolute atomic E-state index is 5.25. The molecule has 2 aromatic rings. The molecule has 0 spiro atoms. The van der Waals surface area contributed by atoms with Gasteiger partial charge in [0.25, 0.3) is 0 Å². The molecule has 94 valence electrons. The van der Waals surface area contributed by atoms with Gasteiger partial charge in [0.05, 0.1) is 13.3 Å². The minimum absolute atomic E-state index is 0.776. The average molecular weight is 243 g/mol. The van der Waals surface area contributed by atoms with Gasteiger partial charge in [0, 0.05) is 25.4 Å². The van der Waals surface area contributed by atoms with Gasteiger partial charge >= 0.3 is 0 Å². The molecule has 0 unspecified atom stereocenters. The van der Waals surface area contributed by atoms with Crippen LogP contribution in [0.3, 0.4) is 0 Å². The van der Waals surface area contributed by atoms with E-state index in [0.717, 1.165) is 17.9 Å². The maximum atomic E-state index is 5.25. The van der Waals surface area contributed by atoms with Crippen LogP contribution < -0.4 is 4.74 Å². The van der Waals surface area contributed by atoms with Crippen LogP contribution in [0.25, 0.3) is 0 Å². The standard InChI is InChI=1S/C14H17N3O/c1-11-12(10-16-17(11)2)8-9-15-13-6-4-5-7-14(13)18-3/h4-7,9-10H,8H2,1-3H3. The van der Waals surface area contributed by atoms with Crippen LogP contribution in [0.15, 0.2) is 35.5 Å². The molecule has 0 radical (unpaired) electrons. The zero-order chi connectivity index (χ0) is 13.0. The van der Waals surface area contributed by atoms with Crippen molar-refractivity contribution < 1.29 is 4.74 Å². The van der Waals surface area contributed by atoms with Gasteiger partial charge in [-0.2, -0.15) is 5.10 Å². The summed E-state index contributed by atoms with van der Waals surface area (Å²) in [5.41, 5.74) is 3.21. The Morgan fingerprint density at radius 3 is 2.83 bits per heavy atom. The Balaban J connectivity index is 2.10. The second-order valence-corrected chi connectivity index (χ2v) is 4.07. The van der Waals surface area contributed by atoms with Crippen molar-refractivity contribution >= 4 is 11.9 Å². The molecule has 0 saturated carbocycles. The molecule has 1 heterocycles. The number of aromatic nitrogens is 2. The van der Waals surface area contributed by atoms with Gasteiger partial charge in [-0.15, -0.1) is 0 Å². The van der Waals surface area contributed by atoms with E-state index in [-0.39, 0.29) is 0 Å². The van der Waals surface area contributed by atoms with E-state index in [9.17, 15) is 0 Å². The second-order valence-electron chi connectivity index (χ2n) is 4.07. The summed E-state index contributed by atoms with van der Waals surface area (Å²) in [5.74, 6) is 0.789. The Bertz CT molecular complexity index is 558. The highest BCUT2D eigenvalue weighted by atomic mass is 16.5. The fourth-order valence-corrected chi connectivity index (χ4v) is 1.72. The minimum Gasteiger partial charge on any atom is -0.494 e. The van der Waals surface area contributed by atoms with Gasteiger partial charge < -0.3 is 4.74 Å². The summed E-state index contributed by atoms with van der Waals surface area (Å²) >= 11 is 0. The van der Waals surface area contributed by atoms with Crippen LogP contribution >= 0.6 is 0 Å². The Morgan fingerprint density at radius 2 is 2.17 bits per heavy atom. The smallest absolute Gasteiger partial charge is 0.144 e. The zero-order valence-electron chi connectivity index (χ0n) is 10.9. The molecule has 1 aromatic heterocycles. The molecule has 0 aliphatic rings. The molecule has 1 aromatic carbocycles. The molecule has 0 fully saturated rings. The molecular formula is C14H17N3O. The van der Waals surface area contributed by atoms with Crippen LogP contribution in [0.5, 0.6) is 5.75 Å². The van der Waals surface area contributed by atoms with Crippen molar-refractivity contribution in [1.82, 2.24) is 9.78 Å². The molecule has 0 N–H and O–H groups in total. The quantitative estimate of drug-likeness (QED) is 0.774. The van der Waals surface area contributed by atoms with Crippen molar-refractivity contribution in [3.8, 4) is 5.75 Å². The molecule has 18 heavy (non-hydrogen) atoms. The third kappa shape index (κ3) is 2.59. The van der Waals surface area contributed by atoms with Crippen LogP contribution in [-0.2, 0) is 13.5 Å². The fraction of sp³-hybridized carbons (Fsp3) is 0.286. The van der Waals surface area contributed by atoms with E-state index in [1.54, 1.807) is 7.11 Å².